The number of nitrogens with zero attached hydrogens (tertiary/aromatic N) is 3. The van der Waals surface area contributed by atoms with E-state index in [2.05, 4.69) is 15.4 Å². The quantitative estimate of drug-likeness (QED) is 0.543. The van der Waals surface area contributed by atoms with E-state index in [-0.39, 0.29) is 5.56 Å². The number of aromatic nitrogens is 2. The van der Waals surface area contributed by atoms with Gasteiger partial charge in [-0.1, -0.05) is 0 Å². The Morgan fingerprint density at radius 2 is 1.81 bits per heavy atom. The van der Waals surface area contributed by atoms with Crippen molar-refractivity contribution in [3.8, 4) is 5.69 Å². The summed E-state index contributed by atoms with van der Waals surface area (Å²) >= 11 is 0. The average molecular weight is 437 g/mol. The Kier molecular flexibility index (Phi) is 5.90. The zero-order valence-corrected chi connectivity index (χ0v) is 15.7. The number of benzene rings is 2. The first-order valence-electron chi connectivity index (χ1n) is 8.74. The summed E-state index contributed by atoms with van der Waals surface area (Å²) in [6, 6.07) is 10.1. The number of aliphatic carboxylic acids is 1. The van der Waals surface area contributed by atoms with Crippen molar-refractivity contribution in [2.24, 2.45) is 10.7 Å². The first-order chi connectivity index (χ1) is 14.6. The Morgan fingerprint density at radius 3 is 2.32 bits per heavy atom. The molecule has 4 N–H and O–H groups in total. The number of halogens is 4. The summed E-state index contributed by atoms with van der Waals surface area (Å²) in [5.41, 5.74) is 7.56. The first-order valence-corrected chi connectivity index (χ1v) is 8.74. The molecule has 162 valence electrons. The van der Waals surface area contributed by atoms with Crippen molar-refractivity contribution in [2.45, 2.75) is 6.18 Å². The van der Waals surface area contributed by atoms with Crippen molar-refractivity contribution in [1.29, 1.82) is 0 Å². The van der Waals surface area contributed by atoms with E-state index in [1.165, 1.54) is 6.07 Å². The van der Waals surface area contributed by atoms with Crippen molar-refractivity contribution in [2.75, 3.05) is 13.1 Å². The molecule has 12 heteroatoms. The normalized spacial score (nSPS) is 13.2. The van der Waals surface area contributed by atoms with Gasteiger partial charge in [-0.2, -0.15) is 18.3 Å². The lowest BCUT2D eigenvalue weighted by atomic mass is 10.1. The van der Waals surface area contributed by atoms with Crippen LogP contribution in [0, 0.1) is 5.82 Å². The molecule has 1 aliphatic rings. The van der Waals surface area contributed by atoms with E-state index in [9.17, 15) is 22.4 Å². The zero-order valence-electron chi connectivity index (χ0n) is 15.7. The standard InChI is InChI=1S/C17H14FN5O.C2HF3O2/c18-12-7-11-9-23(22-15(11)14(8-12)16(19)24)13-3-1-10(2-4-13)17-20-5-6-21-17;3-2(4,5)1(6)7/h1-4,7-9H,5-6H2,(H2,19,24)(H,20,21);(H,6,7). The van der Waals surface area contributed by atoms with Crippen LogP contribution in [0.1, 0.15) is 15.9 Å². The van der Waals surface area contributed by atoms with E-state index in [1.54, 1.807) is 10.9 Å². The van der Waals surface area contributed by atoms with Crippen LogP contribution in [0.4, 0.5) is 17.6 Å². The van der Waals surface area contributed by atoms with Crippen LogP contribution in [0.5, 0.6) is 0 Å². The molecule has 0 saturated heterocycles. The molecule has 31 heavy (non-hydrogen) atoms. The highest BCUT2D eigenvalue weighted by Crippen LogP contribution is 2.21. The number of carboxylic acid groups (broad SMARTS) is 1. The smallest absolute Gasteiger partial charge is 0.475 e. The highest BCUT2D eigenvalue weighted by atomic mass is 19.4. The summed E-state index contributed by atoms with van der Waals surface area (Å²) in [6.07, 6.45) is -3.41. The van der Waals surface area contributed by atoms with Crippen LogP contribution < -0.4 is 11.1 Å². The molecule has 0 fully saturated rings. The second-order valence-electron chi connectivity index (χ2n) is 6.34. The van der Waals surface area contributed by atoms with Crippen LogP contribution in [0.3, 0.4) is 0 Å². The van der Waals surface area contributed by atoms with Crippen LogP contribution in [0.15, 0.2) is 47.6 Å². The van der Waals surface area contributed by atoms with Crippen molar-refractivity contribution in [3.63, 3.8) is 0 Å². The van der Waals surface area contributed by atoms with Crippen LogP contribution in [-0.2, 0) is 4.79 Å². The molecule has 0 saturated carbocycles. The number of hydrogen-bond donors (Lipinski definition) is 3. The summed E-state index contributed by atoms with van der Waals surface area (Å²) in [7, 11) is 0. The van der Waals surface area contributed by atoms with Gasteiger partial charge in [-0.05, 0) is 36.4 Å². The molecule has 0 aliphatic carbocycles. The van der Waals surface area contributed by atoms with Gasteiger partial charge in [0.2, 0.25) is 0 Å². The molecule has 0 radical (unpaired) electrons. The maximum atomic E-state index is 13.6. The predicted octanol–water partition coefficient (Wildman–Crippen LogP) is 2.25. The van der Waals surface area contributed by atoms with Gasteiger partial charge in [0.25, 0.3) is 5.91 Å². The Labute approximate surface area is 172 Å². The predicted molar refractivity (Wildman–Crippen MR) is 103 cm³/mol. The Balaban J connectivity index is 0.000000339. The van der Waals surface area contributed by atoms with Crippen molar-refractivity contribution in [3.05, 3.63) is 59.5 Å². The highest BCUT2D eigenvalue weighted by Gasteiger charge is 2.38. The molecular formula is C19H15F4N5O3. The second kappa shape index (κ2) is 8.42. The van der Waals surface area contributed by atoms with Gasteiger partial charge in [0.15, 0.2) is 0 Å². The highest BCUT2D eigenvalue weighted by molar-refractivity contribution is 6.04. The first kappa shape index (κ1) is 21.7. The lowest BCUT2D eigenvalue weighted by Gasteiger charge is -2.05. The fourth-order valence-electron chi connectivity index (χ4n) is 2.78. The number of amidine groups is 1. The number of hydrogen-bond acceptors (Lipinski definition) is 5. The molecule has 4 rings (SSSR count). The van der Waals surface area contributed by atoms with Gasteiger partial charge in [-0.3, -0.25) is 9.79 Å². The van der Waals surface area contributed by atoms with E-state index >= 15 is 0 Å². The Hall–Kier alpha value is -3.96. The monoisotopic (exact) mass is 437 g/mol. The van der Waals surface area contributed by atoms with E-state index in [0.29, 0.717) is 10.9 Å². The molecule has 0 spiro atoms. The third-order valence-corrected chi connectivity index (χ3v) is 4.16. The number of carbonyl (C=O) groups excluding carboxylic acids is 1. The fourth-order valence-corrected chi connectivity index (χ4v) is 2.78. The minimum atomic E-state index is -5.08. The molecule has 1 amide bonds. The molecular weight excluding hydrogens is 422 g/mol. The van der Waals surface area contributed by atoms with Crippen molar-refractivity contribution >= 4 is 28.6 Å². The number of carbonyl (C=O) groups is 2. The maximum absolute atomic E-state index is 13.6. The number of primary amides is 1. The molecule has 1 aliphatic heterocycles. The molecule has 0 atom stereocenters. The summed E-state index contributed by atoms with van der Waals surface area (Å²) < 4.78 is 47.0. The fraction of sp³-hybridized carbons (Fsp3) is 0.158. The number of aliphatic imine (C=N–C) groups is 1. The van der Waals surface area contributed by atoms with Gasteiger partial charge in [-0.15, -0.1) is 0 Å². The van der Waals surface area contributed by atoms with Crippen molar-refractivity contribution in [1.82, 2.24) is 15.1 Å². The van der Waals surface area contributed by atoms with E-state index < -0.39 is 23.9 Å². The van der Waals surface area contributed by atoms with Crippen LogP contribution in [0.25, 0.3) is 16.6 Å². The van der Waals surface area contributed by atoms with Crippen LogP contribution in [0.2, 0.25) is 0 Å². The topological polar surface area (TPSA) is 123 Å². The van der Waals surface area contributed by atoms with Crippen LogP contribution >= 0.6 is 0 Å². The van der Waals surface area contributed by atoms with E-state index in [0.717, 1.165) is 36.2 Å². The van der Waals surface area contributed by atoms with Gasteiger partial charge in [0, 0.05) is 23.7 Å². The number of nitrogens with one attached hydrogen (secondary N) is 1. The lowest BCUT2D eigenvalue weighted by molar-refractivity contribution is -0.192. The number of alkyl halides is 3. The number of amides is 1. The second-order valence-corrected chi connectivity index (χ2v) is 6.34. The molecule has 8 nitrogen and oxygen atoms in total. The molecule has 0 unspecified atom stereocenters. The van der Waals surface area contributed by atoms with Gasteiger partial charge < -0.3 is 16.2 Å². The van der Waals surface area contributed by atoms with Gasteiger partial charge in [-0.25, -0.2) is 13.9 Å². The number of fused-ring (bicyclic) bond motifs is 1. The minimum Gasteiger partial charge on any atom is -0.475 e. The number of nitrogens with two attached hydrogens (primary N) is 1. The summed E-state index contributed by atoms with van der Waals surface area (Å²) in [6.45, 7) is 1.63. The Bertz CT molecular complexity index is 1170. The SMILES string of the molecule is NC(=O)c1cc(F)cc2cn(-c3ccc(C4=NCCN4)cc3)nc12.O=C(O)C(F)(F)F. The third kappa shape index (κ3) is 4.97. The van der Waals surface area contributed by atoms with E-state index in [1.807, 2.05) is 24.3 Å². The molecule has 3 aromatic rings. The summed E-state index contributed by atoms with van der Waals surface area (Å²) in [4.78, 5) is 24.8. The average Bonchev–Trinajstić information content (AvgIpc) is 3.37. The van der Waals surface area contributed by atoms with Crippen molar-refractivity contribution < 1.29 is 32.3 Å². The Morgan fingerprint density at radius 1 is 1.16 bits per heavy atom. The zero-order chi connectivity index (χ0) is 22.8. The van der Waals surface area contributed by atoms with Gasteiger partial charge in [0.1, 0.15) is 17.2 Å². The van der Waals surface area contributed by atoms with Crippen LogP contribution in [-0.4, -0.2) is 51.9 Å². The molecule has 0 bridgehead atoms. The molecule has 1 aromatic heterocycles. The number of rotatable bonds is 3. The minimum absolute atomic E-state index is 0.0740. The number of carboxylic acids is 1. The van der Waals surface area contributed by atoms with Gasteiger partial charge >= 0.3 is 12.1 Å². The molecule has 2 heterocycles. The summed E-state index contributed by atoms with van der Waals surface area (Å²) in [5, 5.41) is 15.2. The summed E-state index contributed by atoms with van der Waals surface area (Å²) in [5.74, 6) is -3.10. The van der Waals surface area contributed by atoms with E-state index in [4.69, 9.17) is 15.6 Å². The lowest BCUT2D eigenvalue weighted by Crippen LogP contribution is -2.21. The molecule has 2 aromatic carbocycles. The maximum Gasteiger partial charge on any atom is 0.490 e. The third-order valence-electron chi connectivity index (χ3n) is 4.16. The van der Waals surface area contributed by atoms with Gasteiger partial charge in [0.05, 0.1) is 17.8 Å². The largest absolute Gasteiger partial charge is 0.490 e.